The molecule has 1 amide bonds. The number of nitrogens with one attached hydrogen (secondary N) is 1. The van der Waals surface area contributed by atoms with Gasteiger partial charge in [-0.1, -0.05) is 20.8 Å². The zero-order valence-electron chi connectivity index (χ0n) is 11.1. The summed E-state index contributed by atoms with van der Waals surface area (Å²) in [6.45, 7) is 6.95. The molecule has 6 heteroatoms. The van der Waals surface area contributed by atoms with E-state index in [2.05, 4.69) is 5.32 Å². The molecule has 0 aliphatic carbocycles. The van der Waals surface area contributed by atoms with Gasteiger partial charge in [0.2, 0.25) is 5.91 Å². The molecule has 2 unspecified atom stereocenters. The second-order valence-corrected chi connectivity index (χ2v) is 5.45. The number of hydrogen-bond donors (Lipinski definition) is 2. The van der Waals surface area contributed by atoms with E-state index in [4.69, 9.17) is 14.6 Å². The predicted molar refractivity (Wildman–Crippen MR) is 64.1 cm³/mol. The van der Waals surface area contributed by atoms with Gasteiger partial charge in [-0.3, -0.25) is 9.59 Å². The van der Waals surface area contributed by atoms with Gasteiger partial charge in [0.25, 0.3) is 0 Å². The molecule has 0 radical (unpaired) electrons. The third-order valence-electron chi connectivity index (χ3n) is 2.76. The Morgan fingerprint density at radius 2 is 2.06 bits per heavy atom. The Kier molecular flexibility index (Phi) is 5.10. The lowest BCUT2D eigenvalue weighted by molar-refractivity contribution is -0.152. The number of carbonyl (C=O) groups excluding carboxylic acids is 1. The minimum atomic E-state index is -1.11. The van der Waals surface area contributed by atoms with Crippen LogP contribution in [0, 0.1) is 11.3 Å². The maximum absolute atomic E-state index is 11.9. The van der Waals surface area contributed by atoms with Crippen molar-refractivity contribution in [1.82, 2.24) is 5.32 Å². The van der Waals surface area contributed by atoms with Gasteiger partial charge in [-0.2, -0.15) is 0 Å². The van der Waals surface area contributed by atoms with Crippen LogP contribution in [0.25, 0.3) is 0 Å². The first-order valence-electron chi connectivity index (χ1n) is 6.02. The smallest absolute Gasteiger partial charge is 0.316 e. The van der Waals surface area contributed by atoms with Gasteiger partial charge >= 0.3 is 5.97 Å². The van der Waals surface area contributed by atoms with E-state index in [-0.39, 0.29) is 12.6 Å². The van der Waals surface area contributed by atoms with Crippen molar-refractivity contribution in [2.45, 2.75) is 26.9 Å². The molecule has 18 heavy (non-hydrogen) atoms. The topological polar surface area (TPSA) is 84.9 Å². The van der Waals surface area contributed by atoms with Crippen LogP contribution < -0.4 is 5.32 Å². The Hall–Kier alpha value is -1.14. The fourth-order valence-electron chi connectivity index (χ4n) is 1.85. The number of aliphatic carboxylic acids is 1. The van der Waals surface area contributed by atoms with Crippen molar-refractivity contribution in [1.29, 1.82) is 0 Å². The van der Waals surface area contributed by atoms with Gasteiger partial charge in [0.1, 0.15) is 5.92 Å². The highest BCUT2D eigenvalue weighted by atomic mass is 16.6. The van der Waals surface area contributed by atoms with E-state index in [0.29, 0.717) is 19.8 Å². The van der Waals surface area contributed by atoms with Crippen LogP contribution in [-0.2, 0) is 19.1 Å². The summed E-state index contributed by atoms with van der Waals surface area (Å²) in [6, 6.07) is 0. The van der Waals surface area contributed by atoms with Gasteiger partial charge in [0, 0.05) is 6.54 Å². The maximum atomic E-state index is 11.9. The molecule has 0 bridgehead atoms. The Labute approximate surface area is 107 Å². The normalized spacial score (nSPS) is 22.3. The van der Waals surface area contributed by atoms with Gasteiger partial charge < -0.3 is 19.9 Å². The standard InChI is InChI=1S/C12H21NO5/c1-12(2,3)9(11(15)16)10(14)13-6-8-7-17-4-5-18-8/h8-9H,4-7H2,1-3H3,(H,13,14)(H,15,16). The van der Waals surface area contributed by atoms with Crippen molar-refractivity contribution < 1.29 is 24.2 Å². The molecule has 0 spiro atoms. The third-order valence-corrected chi connectivity index (χ3v) is 2.76. The number of carboxylic acids is 1. The largest absolute Gasteiger partial charge is 0.481 e. The van der Waals surface area contributed by atoms with E-state index < -0.39 is 23.2 Å². The summed E-state index contributed by atoms with van der Waals surface area (Å²) in [5.41, 5.74) is -0.625. The van der Waals surface area contributed by atoms with Crippen molar-refractivity contribution in [2.75, 3.05) is 26.4 Å². The summed E-state index contributed by atoms with van der Waals surface area (Å²) in [5.74, 6) is -2.66. The van der Waals surface area contributed by atoms with Crippen LogP contribution in [0.3, 0.4) is 0 Å². The molecule has 0 aromatic carbocycles. The van der Waals surface area contributed by atoms with E-state index in [1.165, 1.54) is 0 Å². The summed E-state index contributed by atoms with van der Waals surface area (Å²) in [5, 5.41) is 11.7. The number of ether oxygens (including phenoxy) is 2. The van der Waals surface area contributed by atoms with Gasteiger partial charge in [-0.15, -0.1) is 0 Å². The number of carboxylic acid groups (broad SMARTS) is 1. The summed E-state index contributed by atoms with van der Waals surface area (Å²) >= 11 is 0. The molecule has 2 N–H and O–H groups in total. The molecule has 0 saturated carbocycles. The summed E-state index contributed by atoms with van der Waals surface area (Å²) in [7, 11) is 0. The molecule has 6 nitrogen and oxygen atoms in total. The molecule has 1 rings (SSSR count). The van der Waals surface area contributed by atoms with Gasteiger partial charge in [0.05, 0.1) is 25.9 Å². The second kappa shape index (κ2) is 6.15. The monoisotopic (exact) mass is 259 g/mol. The van der Waals surface area contributed by atoms with Crippen LogP contribution in [0.1, 0.15) is 20.8 Å². The highest BCUT2D eigenvalue weighted by molar-refractivity contribution is 5.97. The number of rotatable bonds is 4. The van der Waals surface area contributed by atoms with Gasteiger partial charge in [-0.05, 0) is 5.41 Å². The van der Waals surface area contributed by atoms with Crippen LogP contribution in [-0.4, -0.2) is 49.5 Å². The van der Waals surface area contributed by atoms with Crippen molar-refractivity contribution >= 4 is 11.9 Å². The molecule has 2 atom stereocenters. The minimum Gasteiger partial charge on any atom is -0.481 e. The van der Waals surface area contributed by atoms with Crippen LogP contribution >= 0.6 is 0 Å². The molecular weight excluding hydrogens is 238 g/mol. The SMILES string of the molecule is CC(C)(C)C(C(=O)O)C(=O)NCC1COCCO1. The predicted octanol–water partition coefficient (Wildman–Crippen LogP) is 0.265. The van der Waals surface area contributed by atoms with Crippen LogP contribution in [0.5, 0.6) is 0 Å². The molecule has 1 saturated heterocycles. The van der Waals surface area contributed by atoms with Gasteiger partial charge in [0.15, 0.2) is 0 Å². The Morgan fingerprint density at radius 3 is 2.50 bits per heavy atom. The maximum Gasteiger partial charge on any atom is 0.316 e. The highest BCUT2D eigenvalue weighted by Gasteiger charge is 2.37. The van der Waals surface area contributed by atoms with E-state index in [1.54, 1.807) is 20.8 Å². The van der Waals surface area contributed by atoms with E-state index in [1.807, 2.05) is 0 Å². The highest BCUT2D eigenvalue weighted by Crippen LogP contribution is 2.26. The summed E-state index contributed by atoms with van der Waals surface area (Å²) in [6.07, 6.45) is -0.197. The van der Waals surface area contributed by atoms with Crippen LogP contribution in [0.2, 0.25) is 0 Å². The van der Waals surface area contributed by atoms with Crippen LogP contribution in [0.15, 0.2) is 0 Å². The van der Waals surface area contributed by atoms with E-state index >= 15 is 0 Å². The molecule has 0 aromatic heterocycles. The minimum absolute atomic E-state index is 0.197. The molecule has 1 heterocycles. The molecule has 1 aliphatic heterocycles. The first kappa shape index (κ1) is 14.9. The van der Waals surface area contributed by atoms with Gasteiger partial charge in [-0.25, -0.2) is 0 Å². The number of carbonyl (C=O) groups is 2. The molecule has 0 aromatic rings. The van der Waals surface area contributed by atoms with Crippen molar-refractivity contribution in [2.24, 2.45) is 11.3 Å². The molecule has 104 valence electrons. The third kappa shape index (κ3) is 4.27. The summed E-state index contributed by atoms with van der Waals surface area (Å²) in [4.78, 5) is 23.0. The average Bonchev–Trinajstić information content (AvgIpc) is 2.25. The fourth-order valence-corrected chi connectivity index (χ4v) is 1.85. The zero-order chi connectivity index (χ0) is 13.8. The average molecular weight is 259 g/mol. The molecule has 1 aliphatic rings. The zero-order valence-corrected chi connectivity index (χ0v) is 11.1. The van der Waals surface area contributed by atoms with Crippen molar-refractivity contribution in [3.63, 3.8) is 0 Å². The molecule has 1 fully saturated rings. The lowest BCUT2D eigenvalue weighted by Crippen LogP contribution is -2.46. The van der Waals surface area contributed by atoms with Crippen molar-refractivity contribution in [3.05, 3.63) is 0 Å². The Bertz CT molecular complexity index is 304. The fraction of sp³-hybridized carbons (Fsp3) is 0.833. The number of amides is 1. The lowest BCUT2D eigenvalue weighted by Gasteiger charge is -2.28. The lowest BCUT2D eigenvalue weighted by atomic mass is 9.80. The summed E-state index contributed by atoms with van der Waals surface area (Å²) < 4.78 is 10.6. The quantitative estimate of drug-likeness (QED) is 0.708. The Morgan fingerprint density at radius 1 is 1.39 bits per heavy atom. The first-order valence-corrected chi connectivity index (χ1v) is 6.02. The Balaban J connectivity index is 2.49. The van der Waals surface area contributed by atoms with Crippen LogP contribution in [0.4, 0.5) is 0 Å². The van der Waals surface area contributed by atoms with E-state index in [0.717, 1.165) is 0 Å². The second-order valence-electron chi connectivity index (χ2n) is 5.45. The molecular formula is C12H21NO5. The first-order chi connectivity index (χ1) is 8.32. The number of hydrogen-bond acceptors (Lipinski definition) is 4. The van der Waals surface area contributed by atoms with Crippen molar-refractivity contribution in [3.8, 4) is 0 Å². The van der Waals surface area contributed by atoms with E-state index in [9.17, 15) is 9.59 Å².